The second-order valence-corrected chi connectivity index (χ2v) is 5.40. The second kappa shape index (κ2) is 8.93. The molecule has 5 heteroatoms. The number of ether oxygens (including phenoxy) is 1. The lowest BCUT2D eigenvalue weighted by atomic mass is 10.2. The predicted molar refractivity (Wildman–Crippen MR) is 78.5 cm³/mol. The van der Waals surface area contributed by atoms with E-state index in [1.807, 2.05) is 0 Å². The number of nitrogens with one attached hydrogen (secondary N) is 1. The topological polar surface area (TPSA) is 21.3 Å². The normalized spacial score (nSPS) is 11.9. The van der Waals surface area contributed by atoms with E-state index in [2.05, 4.69) is 19.2 Å². The number of hydrogen-bond acceptors (Lipinski definition) is 2. The number of halogens is 3. The summed E-state index contributed by atoms with van der Waals surface area (Å²) in [5.41, 5.74) is -0.667. The molecule has 0 aliphatic heterocycles. The first-order chi connectivity index (χ1) is 9.89. The van der Waals surface area contributed by atoms with E-state index in [9.17, 15) is 13.2 Å². The highest BCUT2D eigenvalue weighted by Gasteiger charge is 2.30. The first-order valence-electron chi connectivity index (χ1n) is 7.43. The van der Waals surface area contributed by atoms with E-state index in [4.69, 9.17) is 4.74 Å². The molecule has 21 heavy (non-hydrogen) atoms. The smallest absolute Gasteiger partial charge is 0.416 e. The Kier molecular flexibility index (Phi) is 7.57. The molecule has 0 aliphatic carbocycles. The zero-order chi connectivity index (χ0) is 15.7. The molecule has 0 unspecified atom stereocenters. The summed E-state index contributed by atoms with van der Waals surface area (Å²) in [6.45, 7) is 5.69. The molecule has 0 aliphatic rings. The standard InChI is InChI=1S/C16H24F3NO/c1-13(2)20-10-5-3-4-6-11-21-15-9-7-8-14(12-15)16(17,18)19/h7-9,12-13,20H,3-6,10-11H2,1-2H3. The molecule has 1 aromatic carbocycles. The zero-order valence-electron chi connectivity index (χ0n) is 12.7. The van der Waals surface area contributed by atoms with Gasteiger partial charge >= 0.3 is 6.18 Å². The van der Waals surface area contributed by atoms with Crippen molar-refractivity contribution >= 4 is 0 Å². The Morgan fingerprint density at radius 2 is 1.81 bits per heavy atom. The predicted octanol–water partition coefficient (Wildman–Crippen LogP) is 4.64. The van der Waals surface area contributed by atoms with Gasteiger partial charge in [0.1, 0.15) is 5.75 Å². The van der Waals surface area contributed by atoms with E-state index in [0.717, 1.165) is 44.4 Å². The third kappa shape index (κ3) is 7.95. The minimum atomic E-state index is -4.32. The molecule has 0 aromatic heterocycles. The average Bonchev–Trinajstić information content (AvgIpc) is 2.41. The van der Waals surface area contributed by atoms with Crippen LogP contribution in [-0.4, -0.2) is 19.2 Å². The van der Waals surface area contributed by atoms with Crippen molar-refractivity contribution in [3.05, 3.63) is 29.8 Å². The van der Waals surface area contributed by atoms with Gasteiger partial charge in [-0.2, -0.15) is 13.2 Å². The summed E-state index contributed by atoms with van der Waals surface area (Å²) < 4.78 is 42.9. The van der Waals surface area contributed by atoms with Crippen LogP contribution in [-0.2, 0) is 6.18 Å². The van der Waals surface area contributed by atoms with Crippen LogP contribution >= 0.6 is 0 Å². The Labute approximate surface area is 124 Å². The Balaban J connectivity index is 2.16. The van der Waals surface area contributed by atoms with Gasteiger partial charge in [-0.1, -0.05) is 32.8 Å². The lowest BCUT2D eigenvalue weighted by Gasteiger charge is -2.10. The van der Waals surface area contributed by atoms with Crippen molar-refractivity contribution < 1.29 is 17.9 Å². The van der Waals surface area contributed by atoms with Crippen LogP contribution in [0.4, 0.5) is 13.2 Å². The van der Waals surface area contributed by atoms with E-state index in [1.165, 1.54) is 6.07 Å². The minimum absolute atomic E-state index is 0.284. The third-order valence-electron chi connectivity index (χ3n) is 3.05. The highest BCUT2D eigenvalue weighted by molar-refractivity contribution is 5.30. The summed E-state index contributed by atoms with van der Waals surface area (Å²) in [6, 6.07) is 5.54. The lowest BCUT2D eigenvalue weighted by molar-refractivity contribution is -0.137. The Hall–Kier alpha value is -1.23. The summed E-state index contributed by atoms with van der Waals surface area (Å²) >= 11 is 0. The van der Waals surface area contributed by atoms with Gasteiger partial charge in [0.2, 0.25) is 0 Å². The number of unbranched alkanes of at least 4 members (excludes halogenated alkanes) is 3. The number of benzene rings is 1. The van der Waals surface area contributed by atoms with Gasteiger partial charge < -0.3 is 10.1 Å². The third-order valence-corrected chi connectivity index (χ3v) is 3.05. The van der Waals surface area contributed by atoms with E-state index in [1.54, 1.807) is 6.07 Å². The van der Waals surface area contributed by atoms with E-state index in [-0.39, 0.29) is 5.75 Å². The fraction of sp³-hybridized carbons (Fsp3) is 0.625. The molecular weight excluding hydrogens is 279 g/mol. The van der Waals surface area contributed by atoms with Crippen molar-refractivity contribution in [3.8, 4) is 5.75 Å². The fourth-order valence-electron chi connectivity index (χ4n) is 1.92. The molecule has 0 saturated carbocycles. The summed E-state index contributed by atoms with van der Waals surface area (Å²) in [5.74, 6) is 0.284. The maximum absolute atomic E-state index is 12.5. The van der Waals surface area contributed by atoms with Gasteiger partial charge in [0.15, 0.2) is 0 Å². The molecule has 1 aromatic rings. The average molecular weight is 303 g/mol. The molecule has 0 amide bonds. The molecule has 0 heterocycles. The Morgan fingerprint density at radius 3 is 2.48 bits per heavy atom. The van der Waals surface area contributed by atoms with Gasteiger partial charge in [-0.15, -0.1) is 0 Å². The van der Waals surface area contributed by atoms with Gasteiger partial charge in [-0.05, 0) is 37.6 Å². The maximum atomic E-state index is 12.5. The maximum Gasteiger partial charge on any atom is 0.416 e. The Bertz CT molecular complexity index is 405. The van der Waals surface area contributed by atoms with E-state index >= 15 is 0 Å². The molecule has 1 rings (SSSR count). The second-order valence-electron chi connectivity index (χ2n) is 5.40. The highest BCUT2D eigenvalue weighted by atomic mass is 19.4. The van der Waals surface area contributed by atoms with Crippen LogP contribution in [0.5, 0.6) is 5.75 Å². The molecule has 0 bridgehead atoms. The molecule has 0 fully saturated rings. The monoisotopic (exact) mass is 303 g/mol. The van der Waals surface area contributed by atoms with E-state index in [0.29, 0.717) is 12.6 Å². The van der Waals surface area contributed by atoms with Crippen LogP contribution in [0.2, 0.25) is 0 Å². The van der Waals surface area contributed by atoms with Gasteiger partial charge in [0.25, 0.3) is 0 Å². The number of rotatable bonds is 9. The van der Waals surface area contributed by atoms with Crippen molar-refractivity contribution in [3.63, 3.8) is 0 Å². The lowest BCUT2D eigenvalue weighted by Crippen LogP contribution is -2.23. The molecule has 1 N–H and O–H groups in total. The molecule has 120 valence electrons. The van der Waals surface area contributed by atoms with E-state index < -0.39 is 11.7 Å². The van der Waals surface area contributed by atoms with Gasteiger partial charge in [0.05, 0.1) is 12.2 Å². The van der Waals surface area contributed by atoms with Crippen molar-refractivity contribution in [2.24, 2.45) is 0 Å². The summed E-state index contributed by atoms with van der Waals surface area (Å²) in [7, 11) is 0. The van der Waals surface area contributed by atoms with Crippen LogP contribution < -0.4 is 10.1 Å². The molecular formula is C16H24F3NO. The van der Waals surface area contributed by atoms with Crippen molar-refractivity contribution in [1.82, 2.24) is 5.32 Å². The quantitative estimate of drug-likeness (QED) is 0.671. The van der Waals surface area contributed by atoms with Crippen molar-refractivity contribution in [2.75, 3.05) is 13.2 Å². The number of hydrogen-bond donors (Lipinski definition) is 1. The molecule has 0 radical (unpaired) electrons. The van der Waals surface area contributed by atoms with Gasteiger partial charge in [0, 0.05) is 6.04 Å². The summed E-state index contributed by atoms with van der Waals surface area (Å²) in [4.78, 5) is 0. The summed E-state index contributed by atoms with van der Waals surface area (Å²) in [5, 5.41) is 3.34. The largest absolute Gasteiger partial charge is 0.494 e. The number of alkyl halides is 3. The minimum Gasteiger partial charge on any atom is -0.494 e. The first-order valence-corrected chi connectivity index (χ1v) is 7.43. The van der Waals surface area contributed by atoms with Gasteiger partial charge in [-0.3, -0.25) is 0 Å². The molecule has 0 spiro atoms. The SMILES string of the molecule is CC(C)NCCCCCCOc1cccc(C(F)(F)F)c1. The molecule has 0 atom stereocenters. The van der Waals surface area contributed by atoms with Crippen molar-refractivity contribution in [1.29, 1.82) is 0 Å². The fourth-order valence-corrected chi connectivity index (χ4v) is 1.92. The van der Waals surface area contributed by atoms with Crippen LogP contribution in [0.25, 0.3) is 0 Å². The van der Waals surface area contributed by atoms with Crippen LogP contribution in [0.1, 0.15) is 45.1 Å². The van der Waals surface area contributed by atoms with Gasteiger partial charge in [-0.25, -0.2) is 0 Å². The first kappa shape index (κ1) is 17.8. The van der Waals surface area contributed by atoms with Crippen LogP contribution in [0.3, 0.4) is 0 Å². The zero-order valence-corrected chi connectivity index (χ0v) is 12.7. The molecule has 2 nitrogen and oxygen atoms in total. The van der Waals surface area contributed by atoms with Crippen LogP contribution in [0, 0.1) is 0 Å². The van der Waals surface area contributed by atoms with Crippen molar-refractivity contribution in [2.45, 2.75) is 51.7 Å². The highest BCUT2D eigenvalue weighted by Crippen LogP contribution is 2.31. The van der Waals surface area contributed by atoms with Crippen LogP contribution in [0.15, 0.2) is 24.3 Å². The summed E-state index contributed by atoms with van der Waals surface area (Å²) in [6.07, 6.45) is -0.215. The Morgan fingerprint density at radius 1 is 1.10 bits per heavy atom. The molecule has 0 saturated heterocycles.